The highest BCUT2D eigenvalue weighted by atomic mass is 16.5. The number of ether oxygens (including phenoxy) is 1. The molecule has 18 heavy (non-hydrogen) atoms. The Morgan fingerprint density at radius 2 is 2.17 bits per heavy atom. The summed E-state index contributed by atoms with van der Waals surface area (Å²) in [7, 11) is 1.57. The lowest BCUT2D eigenvalue weighted by Crippen LogP contribution is -2.55. The predicted molar refractivity (Wildman–Crippen MR) is 67.0 cm³/mol. The molecule has 5 nitrogen and oxygen atoms in total. The number of likely N-dealkylation sites (tertiary alicyclic amines) is 1. The van der Waals surface area contributed by atoms with E-state index in [4.69, 9.17) is 4.74 Å². The molecule has 0 saturated carbocycles. The van der Waals surface area contributed by atoms with Gasteiger partial charge in [0.2, 0.25) is 11.8 Å². The van der Waals surface area contributed by atoms with Crippen LogP contribution in [-0.2, 0) is 14.3 Å². The highest BCUT2D eigenvalue weighted by molar-refractivity contribution is 6.00. The van der Waals surface area contributed by atoms with Crippen molar-refractivity contribution in [2.75, 3.05) is 13.7 Å². The van der Waals surface area contributed by atoms with Gasteiger partial charge in [-0.25, -0.2) is 0 Å². The zero-order valence-corrected chi connectivity index (χ0v) is 11.1. The SMILES string of the molecule is CCC1CC(NC2CCC(=O)N(C)C2=O)CCO1. The third-order valence-electron chi connectivity index (χ3n) is 3.91. The number of hydrogen-bond donors (Lipinski definition) is 1. The van der Waals surface area contributed by atoms with E-state index in [9.17, 15) is 9.59 Å². The van der Waals surface area contributed by atoms with Gasteiger partial charge in [0, 0.05) is 26.1 Å². The molecule has 3 atom stereocenters. The molecule has 3 unspecified atom stereocenters. The normalized spacial score (nSPS) is 33.9. The number of nitrogens with zero attached hydrogens (tertiary/aromatic N) is 1. The molecular weight excluding hydrogens is 232 g/mol. The average molecular weight is 254 g/mol. The summed E-state index contributed by atoms with van der Waals surface area (Å²) in [6.07, 6.45) is 4.29. The summed E-state index contributed by atoms with van der Waals surface area (Å²) in [4.78, 5) is 24.6. The number of carbonyl (C=O) groups is 2. The third-order valence-corrected chi connectivity index (χ3v) is 3.91. The molecule has 2 aliphatic heterocycles. The van der Waals surface area contributed by atoms with Gasteiger partial charge in [-0.1, -0.05) is 6.92 Å². The number of rotatable bonds is 3. The molecule has 2 rings (SSSR count). The molecule has 2 fully saturated rings. The highest BCUT2D eigenvalue weighted by Gasteiger charge is 2.34. The van der Waals surface area contributed by atoms with Crippen molar-refractivity contribution in [1.82, 2.24) is 10.2 Å². The maximum atomic E-state index is 12.0. The first-order valence-corrected chi connectivity index (χ1v) is 6.79. The van der Waals surface area contributed by atoms with Gasteiger partial charge in [0.05, 0.1) is 12.1 Å². The van der Waals surface area contributed by atoms with Gasteiger partial charge in [-0.3, -0.25) is 14.5 Å². The molecule has 0 spiro atoms. The van der Waals surface area contributed by atoms with E-state index in [-0.39, 0.29) is 17.9 Å². The van der Waals surface area contributed by atoms with E-state index >= 15 is 0 Å². The van der Waals surface area contributed by atoms with Crippen LogP contribution in [0, 0.1) is 0 Å². The first-order chi connectivity index (χ1) is 8.61. The van der Waals surface area contributed by atoms with Crippen molar-refractivity contribution in [2.45, 2.75) is 57.2 Å². The summed E-state index contributed by atoms with van der Waals surface area (Å²) in [6, 6.07) is 0.132. The molecule has 1 N–H and O–H groups in total. The minimum atomic E-state index is -0.201. The van der Waals surface area contributed by atoms with Gasteiger partial charge in [0.15, 0.2) is 0 Å². The summed E-state index contributed by atoms with van der Waals surface area (Å²) in [5, 5.41) is 3.40. The quantitative estimate of drug-likeness (QED) is 0.753. The van der Waals surface area contributed by atoms with Crippen molar-refractivity contribution < 1.29 is 14.3 Å². The Labute approximate surface area is 108 Å². The lowest BCUT2D eigenvalue weighted by Gasteiger charge is -2.35. The Hall–Kier alpha value is -0.940. The summed E-state index contributed by atoms with van der Waals surface area (Å²) in [5.74, 6) is -0.165. The molecule has 2 heterocycles. The molecule has 0 aromatic carbocycles. The molecule has 102 valence electrons. The molecule has 0 aliphatic carbocycles. The molecule has 0 aromatic heterocycles. The third kappa shape index (κ3) is 2.90. The molecule has 0 aromatic rings. The number of nitrogens with one attached hydrogen (secondary N) is 1. The fraction of sp³-hybridized carbons (Fsp3) is 0.846. The standard InChI is InChI=1S/C13H22N2O3/c1-3-10-8-9(6-7-18-10)14-11-4-5-12(16)15(2)13(11)17/h9-11,14H,3-8H2,1-2H3. The Balaban J connectivity index is 1.89. The topological polar surface area (TPSA) is 58.6 Å². The Morgan fingerprint density at radius 3 is 2.89 bits per heavy atom. The van der Waals surface area contributed by atoms with Crippen LogP contribution in [0.2, 0.25) is 0 Å². The fourth-order valence-electron chi connectivity index (χ4n) is 2.67. The largest absolute Gasteiger partial charge is 0.378 e. The van der Waals surface area contributed by atoms with E-state index < -0.39 is 0 Å². The second kappa shape index (κ2) is 5.80. The maximum Gasteiger partial charge on any atom is 0.246 e. The number of likely N-dealkylation sites (N-methyl/N-ethyl adjacent to an activating group) is 1. The van der Waals surface area contributed by atoms with E-state index in [1.54, 1.807) is 7.05 Å². The van der Waals surface area contributed by atoms with Crippen LogP contribution >= 0.6 is 0 Å². The zero-order chi connectivity index (χ0) is 13.1. The van der Waals surface area contributed by atoms with Crippen LogP contribution in [-0.4, -0.2) is 48.6 Å². The summed E-state index contributed by atoms with van der Waals surface area (Å²) >= 11 is 0. The summed E-state index contributed by atoms with van der Waals surface area (Å²) in [6.45, 7) is 2.87. The van der Waals surface area contributed by atoms with Gasteiger partial charge in [-0.15, -0.1) is 0 Å². The Kier molecular flexibility index (Phi) is 4.35. The minimum absolute atomic E-state index is 0.0727. The van der Waals surface area contributed by atoms with Gasteiger partial charge >= 0.3 is 0 Å². The highest BCUT2D eigenvalue weighted by Crippen LogP contribution is 2.19. The molecule has 0 bridgehead atoms. The number of hydrogen-bond acceptors (Lipinski definition) is 4. The monoisotopic (exact) mass is 254 g/mol. The van der Waals surface area contributed by atoms with E-state index in [1.165, 1.54) is 4.90 Å². The number of amides is 2. The van der Waals surface area contributed by atoms with E-state index in [0.717, 1.165) is 25.9 Å². The predicted octanol–water partition coefficient (Wildman–Crippen LogP) is 0.681. The molecule has 2 aliphatic rings. The van der Waals surface area contributed by atoms with Crippen LogP contribution in [0.15, 0.2) is 0 Å². The van der Waals surface area contributed by atoms with Crippen molar-refractivity contribution in [3.05, 3.63) is 0 Å². The number of carbonyl (C=O) groups excluding carboxylic acids is 2. The van der Waals surface area contributed by atoms with Crippen LogP contribution in [0.25, 0.3) is 0 Å². The van der Waals surface area contributed by atoms with E-state index in [1.807, 2.05) is 0 Å². The molecule has 2 saturated heterocycles. The molecule has 5 heteroatoms. The van der Waals surface area contributed by atoms with Crippen molar-refractivity contribution in [1.29, 1.82) is 0 Å². The van der Waals surface area contributed by atoms with Gasteiger partial charge in [0.25, 0.3) is 0 Å². The van der Waals surface area contributed by atoms with E-state index in [0.29, 0.717) is 25.0 Å². The minimum Gasteiger partial charge on any atom is -0.378 e. The summed E-state index contributed by atoms with van der Waals surface area (Å²) < 4.78 is 5.62. The average Bonchev–Trinajstić information content (AvgIpc) is 2.40. The Morgan fingerprint density at radius 1 is 1.39 bits per heavy atom. The van der Waals surface area contributed by atoms with Crippen molar-refractivity contribution in [3.8, 4) is 0 Å². The summed E-state index contributed by atoms with van der Waals surface area (Å²) in [5.41, 5.74) is 0. The smallest absolute Gasteiger partial charge is 0.246 e. The van der Waals surface area contributed by atoms with Gasteiger partial charge in [-0.05, 0) is 25.7 Å². The van der Waals surface area contributed by atoms with Crippen molar-refractivity contribution >= 4 is 11.8 Å². The second-order valence-electron chi connectivity index (χ2n) is 5.17. The first-order valence-electron chi connectivity index (χ1n) is 6.79. The fourth-order valence-corrected chi connectivity index (χ4v) is 2.67. The van der Waals surface area contributed by atoms with Crippen LogP contribution in [0.5, 0.6) is 0 Å². The van der Waals surface area contributed by atoms with Crippen molar-refractivity contribution in [3.63, 3.8) is 0 Å². The maximum absolute atomic E-state index is 12.0. The van der Waals surface area contributed by atoms with Gasteiger partial charge < -0.3 is 10.1 Å². The number of imide groups is 1. The van der Waals surface area contributed by atoms with Gasteiger partial charge in [-0.2, -0.15) is 0 Å². The lowest BCUT2D eigenvalue weighted by molar-refractivity contribution is -0.148. The Bertz CT molecular complexity index is 332. The van der Waals surface area contributed by atoms with Crippen LogP contribution in [0.4, 0.5) is 0 Å². The van der Waals surface area contributed by atoms with Crippen LogP contribution in [0.3, 0.4) is 0 Å². The second-order valence-corrected chi connectivity index (χ2v) is 5.17. The van der Waals surface area contributed by atoms with Gasteiger partial charge in [0.1, 0.15) is 0 Å². The van der Waals surface area contributed by atoms with Crippen LogP contribution < -0.4 is 5.32 Å². The lowest BCUT2D eigenvalue weighted by atomic mass is 9.98. The molecule has 2 amide bonds. The molecular formula is C13H22N2O3. The zero-order valence-electron chi connectivity index (χ0n) is 11.1. The molecule has 0 radical (unpaired) electrons. The van der Waals surface area contributed by atoms with Crippen LogP contribution in [0.1, 0.15) is 39.0 Å². The van der Waals surface area contributed by atoms with Crippen molar-refractivity contribution in [2.24, 2.45) is 0 Å². The first kappa shape index (κ1) is 13.5. The van der Waals surface area contributed by atoms with E-state index in [2.05, 4.69) is 12.2 Å². The number of piperidine rings is 1.